The van der Waals surface area contributed by atoms with Crippen LogP contribution in [0.4, 0.5) is 4.39 Å². The Balaban J connectivity index is 1.56. The van der Waals surface area contributed by atoms with Crippen molar-refractivity contribution in [2.75, 3.05) is 0 Å². The van der Waals surface area contributed by atoms with Crippen molar-refractivity contribution in [2.45, 2.75) is 19.4 Å². The van der Waals surface area contributed by atoms with Crippen LogP contribution in [0.3, 0.4) is 0 Å². The van der Waals surface area contributed by atoms with Crippen molar-refractivity contribution >= 4 is 5.91 Å². The molecule has 0 saturated carbocycles. The van der Waals surface area contributed by atoms with E-state index in [9.17, 15) is 9.18 Å². The molecule has 3 rings (SSSR count). The van der Waals surface area contributed by atoms with Crippen LogP contribution in [0.5, 0.6) is 0 Å². The third-order valence-electron chi connectivity index (χ3n) is 3.70. The standard InChI is InChI=1S/C19H17FN2O2/c20-17-9-6-15(7-10-17)19-16(13-22-24-19)8-11-18(23)21-12-14-4-2-1-3-5-14/h1-7,9-10,13H,8,11-12H2,(H,21,23). The molecule has 4 nitrogen and oxygen atoms in total. The molecular weight excluding hydrogens is 307 g/mol. The minimum atomic E-state index is -0.305. The van der Waals surface area contributed by atoms with E-state index in [1.54, 1.807) is 18.3 Å². The summed E-state index contributed by atoms with van der Waals surface area (Å²) in [6.45, 7) is 0.508. The van der Waals surface area contributed by atoms with Crippen LogP contribution in [0, 0.1) is 5.82 Å². The number of benzene rings is 2. The van der Waals surface area contributed by atoms with E-state index in [0.29, 0.717) is 25.1 Å². The highest BCUT2D eigenvalue weighted by atomic mass is 19.1. The van der Waals surface area contributed by atoms with E-state index < -0.39 is 0 Å². The smallest absolute Gasteiger partial charge is 0.220 e. The Morgan fingerprint density at radius 1 is 1.08 bits per heavy atom. The number of hydrogen-bond donors (Lipinski definition) is 1. The average Bonchev–Trinajstić information content (AvgIpc) is 3.08. The Morgan fingerprint density at radius 2 is 1.83 bits per heavy atom. The molecule has 0 saturated heterocycles. The molecule has 0 aliphatic heterocycles. The quantitative estimate of drug-likeness (QED) is 0.751. The average molecular weight is 324 g/mol. The summed E-state index contributed by atoms with van der Waals surface area (Å²) >= 11 is 0. The van der Waals surface area contributed by atoms with Gasteiger partial charge < -0.3 is 9.84 Å². The maximum Gasteiger partial charge on any atom is 0.220 e. The highest BCUT2D eigenvalue weighted by Gasteiger charge is 2.12. The number of nitrogens with one attached hydrogen (secondary N) is 1. The molecule has 2 aromatic carbocycles. The first-order valence-electron chi connectivity index (χ1n) is 7.72. The SMILES string of the molecule is O=C(CCc1cnoc1-c1ccc(F)cc1)NCc1ccccc1. The Kier molecular flexibility index (Phi) is 5.01. The fourth-order valence-electron chi connectivity index (χ4n) is 2.41. The molecule has 0 atom stereocenters. The van der Waals surface area contributed by atoms with Crippen LogP contribution in [-0.4, -0.2) is 11.1 Å². The summed E-state index contributed by atoms with van der Waals surface area (Å²) in [4.78, 5) is 12.0. The van der Waals surface area contributed by atoms with Crippen LogP contribution in [0.2, 0.25) is 0 Å². The summed E-state index contributed by atoms with van der Waals surface area (Å²) in [5.41, 5.74) is 2.63. The van der Waals surface area contributed by atoms with Gasteiger partial charge in [0.2, 0.25) is 5.91 Å². The number of amides is 1. The van der Waals surface area contributed by atoms with E-state index in [-0.39, 0.29) is 11.7 Å². The number of rotatable bonds is 6. The van der Waals surface area contributed by atoms with Gasteiger partial charge in [0.1, 0.15) is 5.82 Å². The Labute approximate surface area is 139 Å². The fourth-order valence-corrected chi connectivity index (χ4v) is 2.41. The van der Waals surface area contributed by atoms with Crippen molar-refractivity contribution in [1.29, 1.82) is 0 Å². The molecular formula is C19H17FN2O2. The number of aryl methyl sites for hydroxylation is 1. The van der Waals surface area contributed by atoms with E-state index in [1.807, 2.05) is 30.3 Å². The molecule has 24 heavy (non-hydrogen) atoms. The van der Waals surface area contributed by atoms with Gasteiger partial charge in [-0.2, -0.15) is 0 Å². The third-order valence-corrected chi connectivity index (χ3v) is 3.70. The first-order chi connectivity index (χ1) is 11.7. The first-order valence-corrected chi connectivity index (χ1v) is 7.72. The second kappa shape index (κ2) is 7.55. The maximum atomic E-state index is 13.0. The van der Waals surface area contributed by atoms with Crippen molar-refractivity contribution in [2.24, 2.45) is 0 Å². The zero-order valence-corrected chi connectivity index (χ0v) is 13.0. The summed E-state index contributed by atoms with van der Waals surface area (Å²) in [5, 5.41) is 6.68. The van der Waals surface area contributed by atoms with Crippen LogP contribution in [0.1, 0.15) is 17.5 Å². The van der Waals surface area contributed by atoms with E-state index in [2.05, 4.69) is 10.5 Å². The summed E-state index contributed by atoms with van der Waals surface area (Å²) in [6.07, 6.45) is 2.45. The fraction of sp³-hybridized carbons (Fsp3) is 0.158. The lowest BCUT2D eigenvalue weighted by molar-refractivity contribution is -0.121. The minimum absolute atomic E-state index is 0.0369. The largest absolute Gasteiger partial charge is 0.356 e. The minimum Gasteiger partial charge on any atom is -0.356 e. The number of aromatic nitrogens is 1. The Morgan fingerprint density at radius 3 is 2.58 bits per heavy atom. The van der Waals surface area contributed by atoms with E-state index >= 15 is 0 Å². The molecule has 0 bridgehead atoms. The van der Waals surface area contributed by atoms with Crippen LogP contribution in [0.25, 0.3) is 11.3 Å². The zero-order chi connectivity index (χ0) is 16.8. The van der Waals surface area contributed by atoms with Gasteiger partial charge in [0, 0.05) is 24.1 Å². The van der Waals surface area contributed by atoms with E-state index in [4.69, 9.17) is 4.52 Å². The molecule has 1 N–H and O–H groups in total. The molecule has 1 aromatic heterocycles. The summed E-state index contributed by atoms with van der Waals surface area (Å²) in [7, 11) is 0. The topological polar surface area (TPSA) is 55.1 Å². The van der Waals surface area contributed by atoms with Crippen LogP contribution in [0.15, 0.2) is 65.3 Å². The summed E-state index contributed by atoms with van der Waals surface area (Å²) in [5.74, 6) is 0.232. The Bertz CT molecular complexity index is 798. The van der Waals surface area contributed by atoms with Crippen molar-refractivity contribution in [1.82, 2.24) is 10.5 Å². The highest BCUT2D eigenvalue weighted by molar-refractivity contribution is 5.76. The number of hydrogen-bond acceptors (Lipinski definition) is 3. The molecule has 0 aliphatic carbocycles. The van der Waals surface area contributed by atoms with Gasteiger partial charge in [-0.15, -0.1) is 0 Å². The maximum absolute atomic E-state index is 13.0. The molecule has 3 aromatic rings. The monoisotopic (exact) mass is 324 g/mol. The van der Waals surface area contributed by atoms with Gasteiger partial charge >= 0.3 is 0 Å². The molecule has 122 valence electrons. The normalized spacial score (nSPS) is 10.5. The lowest BCUT2D eigenvalue weighted by Gasteiger charge is -2.05. The van der Waals surface area contributed by atoms with Gasteiger partial charge in [0.05, 0.1) is 6.20 Å². The number of nitrogens with zero attached hydrogens (tertiary/aromatic N) is 1. The second-order valence-electron chi connectivity index (χ2n) is 5.45. The van der Waals surface area contributed by atoms with E-state index in [1.165, 1.54) is 12.1 Å². The molecule has 0 aliphatic rings. The van der Waals surface area contributed by atoms with Crippen molar-refractivity contribution < 1.29 is 13.7 Å². The van der Waals surface area contributed by atoms with Crippen LogP contribution in [-0.2, 0) is 17.8 Å². The lowest BCUT2D eigenvalue weighted by atomic mass is 10.1. The zero-order valence-electron chi connectivity index (χ0n) is 13.0. The third kappa shape index (κ3) is 4.07. The van der Waals surface area contributed by atoms with Crippen molar-refractivity contribution in [3.8, 4) is 11.3 Å². The molecule has 1 heterocycles. The molecule has 0 unspecified atom stereocenters. The van der Waals surface area contributed by atoms with Crippen molar-refractivity contribution in [3.05, 3.63) is 77.7 Å². The van der Waals surface area contributed by atoms with Gasteiger partial charge in [0.15, 0.2) is 5.76 Å². The summed E-state index contributed by atoms with van der Waals surface area (Å²) in [6, 6.07) is 15.8. The second-order valence-corrected chi connectivity index (χ2v) is 5.45. The number of halogens is 1. The van der Waals surface area contributed by atoms with Crippen LogP contribution < -0.4 is 5.32 Å². The van der Waals surface area contributed by atoms with Gasteiger partial charge in [-0.3, -0.25) is 4.79 Å². The molecule has 0 radical (unpaired) electrons. The predicted octanol–water partition coefficient (Wildman–Crippen LogP) is 3.73. The molecule has 1 amide bonds. The molecule has 5 heteroatoms. The summed E-state index contributed by atoms with van der Waals surface area (Å²) < 4.78 is 18.3. The van der Waals surface area contributed by atoms with Gasteiger partial charge in [-0.25, -0.2) is 4.39 Å². The van der Waals surface area contributed by atoms with Gasteiger partial charge in [0.25, 0.3) is 0 Å². The first kappa shape index (κ1) is 15.9. The van der Waals surface area contributed by atoms with Gasteiger partial charge in [-0.1, -0.05) is 35.5 Å². The highest BCUT2D eigenvalue weighted by Crippen LogP contribution is 2.24. The van der Waals surface area contributed by atoms with Gasteiger partial charge in [-0.05, 0) is 36.2 Å². The predicted molar refractivity (Wildman–Crippen MR) is 88.5 cm³/mol. The number of carbonyl (C=O) groups excluding carboxylic acids is 1. The Hall–Kier alpha value is -2.95. The lowest BCUT2D eigenvalue weighted by Crippen LogP contribution is -2.22. The number of carbonyl (C=O) groups is 1. The molecule has 0 fully saturated rings. The van der Waals surface area contributed by atoms with Crippen molar-refractivity contribution in [3.63, 3.8) is 0 Å². The van der Waals surface area contributed by atoms with Crippen LogP contribution >= 0.6 is 0 Å². The molecule has 0 spiro atoms. The van der Waals surface area contributed by atoms with E-state index in [0.717, 1.165) is 16.7 Å².